The average Bonchev–Trinajstić information content (AvgIpc) is 3.70. The molecule has 3 aromatic heterocycles. The number of rotatable bonds is 2. The van der Waals surface area contributed by atoms with Crippen LogP contribution in [0.4, 0.5) is 0 Å². The minimum atomic E-state index is -0.500. The number of hydrogen-bond donors (Lipinski definition) is 2. The molecule has 1 saturated heterocycles. The van der Waals surface area contributed by atoms with E-state index < -0.39 is 18.3 Å². The normalized spacial score (nSPS) is 17.2. The van der Waals surface area contributed by atoms with Crippen molar-refractivity contribution in [2.45, 2.75) is 38.9 Å². The molecule has 1 aromatic carbocycles. The van der Waals surface area contributed by atoms with Crippen LogP contribution in [-0.2, 0) is 9.31 Å². The van der Waals surface area contributed by atoms with Crippen LogP contribution in [-0.4, -0.2) is 38.3 Å². The van der Waals surface area contributed by atoms with Gasteiger partial charge in [-0.05, 0) is 94.0 Å². The molecule has 0 unspecified atom stereocenters. The molecule has 39 heavy (non-hydrogen) atoms. The molecule has 0 radical (unpaired) electrons. The number of hydrogen-bond acceptors (Lipinski definition) is 4. The van der Waals surface area contributed by atoms with Crippen LogP contribution in [0, 0.1) is 0 Å². The lowest BCUT2D eigenvalue weighted by atomic mass is 9.79. The molecule has 0 spiro atoms. The van der Waals surface area contributed by atoms with Gasteiger partial charge in [-0.1, -0.05) is 30.3 Å². The van der Waals surface area contributed by atoms with E-state index in [0.717, 1.165) is 61.4 Å². The Hall–Kier alpha value is -4.20. The monoisotopic (exact) mass is 512 g/mol. The molecular weight excluding hydrogens is 483 g/mol. The van der Waals surface area contributed by atoms with Crippen molar-refractivity contribution < 1.29 is 9.31 Å². The third-order valence-electron chi connectivity index (χ3n) is 7.92. The predicted molar refractivity (Wildman–Crippen MR) is 160 cm³/mol. The van der Waals surface area contributed by atoms with Gasteiger partial charge in [0.25, 0.3) is 0 Å². The molecule has 0 atom stereocenters. The summed E-state index contributed by atoms with van der Waals surface area (Å²) in [6.07, 6.45) is 8.08. The lowest BCUT2D eigenvalue weighted by Crippen LogP contribution is -2.41. The maximum absolute atomic E-state index is 6.45. The molecule has 6 nitrogen and oxygen atoms in total. The first-order valence-corrected chi connectivity index (χ1v) is 13.3. The van der Waals surface area contributed by atoms with Crippen molar-refractivity contribution in [2.75, 3.05) is 0 Å². The SMILES string of the molecule is CC1(C)OB(c2cc3cc4nc(cc5nc(cc6[nH]c(cc6-c6ccccc6)cc2[nH]3)C=C5)C=C4)OC1(C)C. The summed E-state index contributed by atoms with van der Waals surface area (Å²) in [6.45, 7) is 8.30. The average molecular weight is 512 g/mol. The van der Waals surface area contributed by atoms with Crippen LogP contribution in [0.2, 0.25) is 0 Å². The van der Waals surface area contributed by atoms with E-state index in [1.165, 1.54) is 0 Å². The number of nitrogens with zero attached hydrogens (tertiary/aromatic N) is 2. The first-order valence-electron chi connectivity index (χ1n) is 13.3. The Balaban J connectivity index is 1.52. The second kappa shape index (κ2) is 8.66. The van der Waals surface area contributed by atoms with Crippen molar-refractivity contribution in [3.8, 4) is 11.1 Å². The van der Waals surface area contributed by atoms with E-state index >= 15 is 0 Å². The van der Waals surface area contributed by atoms with Gasteiger partial charge in [0.05, 0.1) is 34.0 Å². The number of aromatic amines is 2. The molecule has 6 heterocycles. The Kier molecular flexibility index (Phi) is 5.31. The smallest absolute Gasteiger partial charge is 0.399 e. The van der Waals surface area contributed by atoms with Crippen LogP contribution < -0.4 is 5.46 Å². The molecule has 7 heteroatoms. The molecule has 7 rings (SSSR count). The molecule has 1 fully saturated rings. The van der Waals surface area contributed by atoms with Crippen LogP contribution >= 0.6 is 0 Å². The lowest BCUT2D eigenvalue weighted by molar-refractivity contribution is 0.00578. The predicted octanol–water partition coefficient (Wildman–Crippen LogP) is 6.62. The quantitative estimate of drug-likeness (QED) is 0.256. The van der Waals surface area contributed by atoms with Gasteiger partial charge in [0, 0.05) is 33.1 Å². The van der Waals surface area contributed by atoms with Crippen molar-refractivity contribution in [2.24, 2.45) is 0 Å². The number of H-pyrrole nitrogens is 2. The zero-order valence-corrected chi connectivity index (χ0v) is 22.4. The van der Waals surface area contributed by atoms with Crippen LogP contribution in [0.25, 0.3) is 57.5 Å². The fourth-order valence-electron chi connectivity index (χ4n) is 5.14. The first kappa shape index (κ1) is 23.9. The van der Waals surface area contributed by atoms with Gasteiger partial charge >= 0.3 is 7.12 Å². The van der Waals surface area contributed by atoms with Crippen LogP contribution in [0.1, 0.15) is 50.5 Å². The lowest BCUT2D eigenvalue weighted by Gasteiger charge is -2.32. The fourth-order valence-corrected chi connectivity index (χ4v) is 5.14. The molecule has 8 bridgehead atoms. The van der Waals surface area contributed by atoms with Gasteiger partial charge in [-0.2, -0.15) is 0 Å². The van der Waals surface area contributed by atoms with E-state index in [9.17, 15) is 0 Å². The van der Waals surface area contributed by atoms with Crippen LogP contribution in [0.15, 0.2) is 66.7 Å². The second-order valence-electron chi connectivity index (χ2n) is 11.3. The standard InChI is InChI=1S/C32H29BN4O2/c1-31(2)32(3,4)39-33(38-31)28-17-25-15-23-11-10-21(34-23)14-22-12-13-24(35-22)18-29-27(20-8-6-5-7-9-20)16-26(36-29)19-30(28)37-25/h5-19,36-37H,1-4H3. The van der Waals surface area contributed by atoms with E-state index in [4.69, 9.17) is 19.3 Å². The summed E-state index contributed by atoms with van der Waals surface area (Å²) in [5, 5.41) is 0. The largest absolute Gasteiger partial charge is 0.497 e. The third-order valence-corrected chi connectivity index (χ3v) is 7.92. The molecular formula is C32H29BN4O2. The van der Waals surface area contributed by atoms with Gasteiger partial charge in [-0.15, -0.1) is 0 Å². The Morgan fingerprint density at radius 1 is 0.615 bits per heavy atom. The van der Waals surface area contributed by atoms with E-state index in [-0.39, 0.29) is 0 Å². The minimum absolute atomic E-state index is 0.441. The summed E-state index contributed by atoms with van der Waals surface area (Å²) < 4.78 is 12.9. The van der Waals surface area contributed by atoms with Gasteiger partial charge in [0.15, 0.2) is 0 Å². The van der Waals surface area contributed by atoms with E-state index in [2.05, 4.69) is 86.2 Å². The van der Waals surface area contributed by atoms with Gasteiger partial charge in [0.2, 0.25) is 0 Å². The Labute approximate surface area is 227 Å². The van der Waals surface area contributed by atoms with E-state index in [1.807, 2.05) is 42.5 Å². The number of benzene rings is 1. The van der Waals surface area contributed by atoms with Crippen molar-refractivity contribution in [1.29, 1.82) is 0 Å². The van der Waals surface area contributed by atoms with Gasteiger partial charge in [0.1, 0.15) is 0 Å². The summed E-state index contributed by atoms with van der Waals surface area (Å²) >= 11 is 0. The van der Waals surface area contributed by atoms with Crippen molar-refractivity contribution in [1.82, 2.24) is 19.9 Å². The zero-order chi connectivity index (χ0) is 26.8. The highest BCUT2D eigenvalue weighted by Crippen LogP contribution is 2.37. The first-order chi connectivity index (χ1) is 18.7. The molecule has 4 aromatic rings. The number of aromatic nitrogens is 4. The van der Waals surface area contributed by atoms with Crippen molar-refractivity contribution in [3.63, 3.8) is 0 Å². The molecule has 192 valence electrons. The maximum Gasteiger partial charge on any atom is 0.497 e. The summed E-state index contributed by atoms with van der Waals surface area (Å²) in [5.41, 5.74) is 9.62. The van der Waals surface area contributed by atoms with Gasteiger partial charge in [-0.3, -0.25) is 0 Å². The number of fused-ring (bicyclic) bond motifs is 8. The Morgan fingerprint density at radius 3 is 1.85 bits per heavy atom. The van der Waals surface area contributed by atoms with Gasteiger partial charge < -0.3 is 19.3 Å². The highest BCUT2D eigenvalue weighted by Gasteiger charge is 2.52. The molecule has 2 N–H and O–H groups in total. The molecule has 0 saturated carbocycles. The van der Waals surface area contributed by atoms with E-state index in [1.54, 1.807) is 0 Å². The summed E-state index contributed by atoms with van der Waals surface area (Å²) in [4.78, 5) is 16.8. The Morgan fingerprint density at radius 2 is 1.18 bits per heavy atom. The fraction of sp³-hybridized carbons (Fsp3) is 0.188. The molecule has 3 aliphatic rings. The van der Waals surface area contributed by atoms with Crippen LogP contribution in [0.3, 0.4) is 0 Å². The topological polar surface area (TPSA) is 75.8 Å². The van der Waals surface area contributed by atoms with E-state index in [0.29, 0.717) is 0 Å². The van der Waals surface area contributed by atoms with Crippen molar-refractivity contribution >= 4 is 59.0 Å². The summed E-state index contributed by atoms with van der Waals surface area (Å²) in [6, 6.07) is 22.9. The summed E-state index contributed by atoms with van der Waals surface area (Å²) in [7, 11) is -0.500. The molecule has 0 aliphatic carbocycles. The zero-order valence-electron chi connectivity index (χ0n) is 22.4. The number of nitrogens with one attached hydrogen (secondary N) is 2. The minimum Gasteiger partial charge on any atom is -0.399 e. The second-order valence-corrected chi connectivity index (χ2v) is 11.3. The Bertz CT molecular complexity index is 1810. The van der Waals surface area contributed by atoms with Crippen LogP contribution in [0.5, 0.6) is 0 Å². The van der Waals surface area contributed by atoms with Gasteiger partial charge in [-0.25, -0.2) is 9.97 Å². The highest BCUT2D eigenvalue weighted by molar-refractivity contribution is 6.64. The molecule has 0 amide bonds. The van der Waals surface area contributed by atoms with Crippen molar-refractivity contribution in [3.05, 3.63) is 89.5 Å². The maximum atomic E-state index is 6.45. The third kappa shape index (κ3) is 4.34. The summed E-state index contributed by atoms with van der Waals surface area (Å²) in [5.74, 6) is 0. The molecule has 3 aliphatic heterocycles. The highest BCUT2D eigenvalue weighted by atomic mass is 16.7.